The van der Waals surface area contributed by atoms with Gasteiger partial charge in [0.05, 0.1) is 4.92 Å². The summed E-state index contributed by atoms with van der Waals surface area (Å²) < 4.78 is 0. The molecule has 15 heavy (non-hydrogen) atoms. The van der Waals surface area contributed by atoms with Crippen molar-refractivity contribution in [3.05, 3.63) is 51.6 Å². The molecule has 1 rings (SSSR count). The minimum absolute atomic E-state index is 0.0796. The molecular formula is C10H11ClN2O2. The summed E-state index contributed by atoms with van der Waals surface area (Å²) >= 11 is 5.76. The highest BCUT2D eigenvalue weighted by Crippen LogP contribution is 2.22. The Kier molecular flexibility index (Phi) is 4.27. The lowest BCUT2D eigenvalue weighted by atomic mass is 10.2. The summed E-state index contributed by atoms with van der Waals surface area (Å²) in [5, 5.41) is 14.2. The summed E-state index contributed by atoms with van der Waals surface area (Å²) in [4.78, 5) is 10.3. The molecule has 0 atom stereocenters. The molecule has 1 aromatic rings. The van der Waals surface area contributed by atoms with Crippen molar-refractivity contribution in [1.82, 2.24) is 5.32 Å². The number of benzene rings is 1. The van der Waals surface area contributed by atoms with Gasteiger partial charge in [0.25, 0.3) is 5.69 Å². The average Bonchev–Trinajstić information content (AvgIpc) is 2.18. The Morgan fingerprint density at radius 2 is 2.33 bits per heavy atom. The van der Waals surface area contributed by atoms with Gasteiger partial charge in [0.2, 0.25) is 0 Å². The van der Waals surface area contributed by atoms with E-state index in [1.807, 2.05) is 0 Å². The Hall–Kier alpha value is -1.39. The molecule has 0 aromatic heterocycles. The average molecular weight is 227 g/mol. The zero-order valence-electron chi connectivity index (χ0n) is 8.07. The largest absolute Gasteiger partial charge is 0.309 e. The molecule has 0 unspecified atom stereocenters. The fourth-order valence-corrected chi connectivity index (χ4v) is 1.38. The number of rotatable bonds is 5. The van der Waals surface area contributed by atoms with Crippen molar-refractivity contribution in [2.75, 3.05) is 6.54 Å². The summed E-state index contributed by atoms with van der Waals surface area (Å²) in [5.41, 5.74) is 0.658. The van der Waals surface area contributed by atoms with Crippen LogP contribution in [0.15, 0.2) is 30.9 Å². The van der Waals surface area contributed by atoms with E-state index >= 15 is 0 Å². The van der Waals surface area contributed by atoms with Crippen LogP contribution in [0.5, 0.6) is 0 Å². The van der Waals surface area contributed by atoms with Crippen molar-refractivity contribution >= 4 is 17.3 Å². The molecule has 4 nitrogen and oxygen atoms in total. The van der Waals surface area contributed by atoms with Gasteiger partial charge in [-0.3, -0.25) is 10.1 Å². The van der Waals surface area contributed by atoms with Crippen molar-refractivity contribution in [2.24, 2.45) is 0 Å². The molecule has 1 N–H and O–H groups in total. The predicted octanol–water partition coefficient (Wildman–Crippen LogP) is 2.52. The molecule has 80 valence electrons. The second-order valence-electron chi connectivity index (χ2n) is 2.95. The van der Waals surface area contributed by atoms with Crippen molar-refractivity contribution in [2.45, 2.75) is 6.54 Å². The lowest BCUT2D eigenvalue weighted by Gasteiger charge is -2.03. The second kappa shape index (κ2) is 5.48. The van der Waals surface area contributed by atoms with Crippen LogP contribution in [0.4, 0.5) is 5.69 Å². The molecule has 0 radical (unpaired) electrons. The van der Waals surface area contributed by atoms with Crippen LogP contribution in [0.2, 0.25) is 5.02 Å². The Bertz CT molecular complexity index is 380. The van der Waals surface area contributed by atoms with Crippen LogP contribution in [-0.2, 0) is 6.54 Å². The first-order valence-corrected chi connectivity index (χ1v) is 4.77. The van der Waals surface area contributed by atoms with Crippen LogP contribution >= 0.6 is 11.6 Å². The number of nitro groups is 1. The predicted molar refractivity (Wildman–Crippen MR) is 60.0 cm³/mol. The van der Waals surface area contributed by atoms with E-state index in [4.69, 9.17) is 11.6 Å². The quantitative estimate of drug-likeness (QED) is 0.363. The summed E-state index contributed by atoms with van der Waals surface area (Å²) in [7, 11) is 0. The number of nitrogens with one attached hydrogen (secondary N) is 1. The Morgan fingerprint density at radius 1 is 1.60 bits per heavy atom. The topological polar surface area (TPSA) is 55.2 Å². The monoisotopic (exact) mass is 226 g/mol. The minimum atomic E-state index is -0.415. The van der Waals surface area contributed by atoms with Crippen LogP contribution in [0.1, 0.15) is 5.56 Å². The molecule has 0 fully saturated rings. The molecule has 0 aliphatic rings. The Morgan fingerprint density at radius 3 is 2.93 bits per heavy atom. The zero-order valence-corrected chi connectivity index (χ0v) is 8.83. The van der Waals surface area contributed by atoms with Gasteiger partial charge >= 0.3 is 0 Å². The van der Waals surface area contributed by atoms with Gasteiger partial charge in [0.1, 0.15) is 0 Å². The molecule has 0 saturated heterocycles. The van der Waals surface area contributed by atoms with Gasteiger partial charge in [0.15, 0.2) is 0 Å². The van der Waals surface area contributed by atoms with E-state index in [1.165, 1.54) is 12.1 Å². The van der Waals surface area contributed by atoms with Crippen LogP contribution < -0.4 is 5.32 Å². The summed E-state index contributed by atoms with van der Waals surface area (Å²) in [6.07, 6.45) is 1.69. The second-order valence-corrected chi connectivity index (χ2v) is 3.39. The molecular weight excluding hydrogens is 216 g/mol. The van der Waals surface area contributed by atoms with Gasteiger partial charge in [0, 0.05) is 29.7 Å². The highest BCUT2D eigenvalue weighted by atomic mass is 35.5. The molecule has 0 bridgehead atoms. The summed E-state index contributed by atoms with van der Waals surface area (Å²) in [5.74, 6) is 0. The van der Waals surface area contributed by atoms with Crippen molar-refractivity contribution in [3.8, 4) is 0 Å². The first-order chi connectivity index (χ1) is 7.15. The molecule has 1 aromatic carbocycles. The van der Waals surface area contributed by atoms with Gasteiger partial charge in [-0.05, 0) is 12.1 Å². The highest BCUT2D eigenvalue weighted by Gasteiger charge is 2.12. The van der Waals surface area contributed by atoms with Gasteiger partial charge in [-0.25, -0.2) is 0 Å². The zero-order chi connectivity index (χ0) is 11.3. The number of halogens is 1. The molecule has 0 aliphatic heterocycles. The molecule has 0 saturated carbocycles. The fourth-order valence-electron chi connectivity index (χ4n) is 1.18. The third-order valence-corrected chi connectivity index (χ3v) is 2.08. The maximum atomic E-state index is 10.7. The highest BCUT2D eigenvalue weighted by molar-refractivity contribution is 6.30. The van der Waals surface area contributed by atoms with E-state index in [0.717, 1.165) is 0 Å². The first-order valence-electron chi connectivity index (χ1n) is 4.39. The third kappa shape index (κ3) is 3.34. The summed E-state index contributed by atoms with van der Waals surface area (Å²) in [6, 6.07) is 4.51. The molecule has 0 spiro atoms. The van der Waals surface area contributed by atoms with E-state index in [0.29, 0.717) is 23.7 Å². The Labute approximate surface area is 92.7 Å². The minimum Gasteiger partial charge on any atom is -0.309 e. The fraction of sp³-hybridized carbons (Fsp3) is 0.200. The molecule has 0 aliphatic carbocycles. The van der Waals surface area contributed by atoms with Crippen LogP contribution in [-0.4, -0.2) is 11.5 Å². The third-order valence-electron chi connectivity index (χ3n) is 1.84. The van der Waals surface area contributed by atoms with Crippen molar-refractivity contribution < 1.29 is 4.92 Å². The lowest BCUT2D eigenvalue weighted by molar-refractivity contribution is -0.385. The SMILES string of the molecule is C=CCNCc1cc(Cl)ccc1[N+](=O)[O-]. The van der Waals surface area contributed by atoms with E-state index in [9.17, 15) is 10.1 Å². The first kappa shape index (κ1) is 11.7. The normalized spacial score (nSPS) is 9.93. The van der Waals surface area contributed by atoms with Crippen LogP contribution in [0.25, 0.3) is 0 Å². The van der Waals surface area contributed by atoms with Gasteiger partial charge < -0.3 is 5.32 Å². The van der Waals surface area contributed by atoms with E-state index in [1.54, 1.807) is 12.1 Å². The lowest BCUT2D eigenvalue weighted by Crippen LogP contribution is -2.13. The maximum Gasteiger partial charge on any atom is 0.273 e. The molecule has 0 amide bonds. The van der Waals surface area contributed by atoms with Gasteiger partial charge in [-0.15, -0.1) is 6.58 Å². The number of hydrogen-bond donors (Lipinski definition) is 1. The van der Waals surface area contributed by atoms with Crippen LogP contribution in [0.3, 0.4) is 0 Å². The number of hydrogen-bond acceptors (Lipinski definition) is 3. The van der Waals surface area contributed by atoms with Crippen molar-refractivity contribution in [3.63, 3.8) is 0 Å². The standard InChI is InChI=1S/C10H11ClN2O2/c1-2-5-12-7-8-6-9(11)3-4-10(8)13(14)15/h2-4,6,12H,1,5,7H2. The number of nitrogens with zero attached hydrogens (tertiary/aromatic N) is 1. The van der Waals surface area contributed by atoms with Crippen molar-refractivity contribution in [1.29, 1.82) is 0 Å². The smallest absolute Gasteiger partial charge is 0.273 e. The molecule has 5 heteroatoms. The molecule has 0 heterocycles. The maximum absolute atomic E-state index is 10.7. The number of nitro benzene ring substituents is 1. The summed E-state index contributed by atoms with van der Waals surface area (Å²) in [6.45, 7) is 4.55. The Balaban J connectivity index is 2.86. The van der Waals surface area contributed by atoms with E-state index in [-0.39, 0.29) is 5.69 Å². The van der Waals surface area contributed by atoms with Gasteiger partial charge in [-0.1, -0.05) is 17.7 Å². The van der Waals surface area contributed by atoms with E-state index < -0.39 is 4.92 Å². The van der Waals surface area contributed by atoms with E-state index in [2.05, 4.69) is 11.9 Å². The van der Waals surface area contributed by atoms with Gasteiger partial charge in [-0.2, -0.15) is 0 Å². The van der Waals surface area contributed by atoms with Crippen LogP contribution in [0, 0.1) is 10.1 Å².